The van der Waals surface area contributed by atoms with E-state index in [2.05, 4.69) is 0 Å². The zero-order valence-electron chi connectivity index (χ0n) is 7.56. The highest BCUT2D eigenvalue weighted by Gasteiger charge is 2.53. The Bertz CT molecular complexity index is 157. The number of hydrogen-bond donors (Lipinski definition) is 0. The van der Waals surface area contributed by atoms with Gasteiger partial charge in [0.2, 0.25) is 6.29 Å². The van der Waals surface area contributed by atoms with E-state index in [1.807, 2.05) is 0 Å². The summed E-state index contributed by atoms with van der Waals surface area (Å²) in [6, 6.07) is 0. The van der Waals surface area contributed by atoms with E-state index in [1.165, 1.54) is 20.8 Å². The quantitative estimate of drug-likeness (QED) is 0.614. The first-order valence-corrected chi connectivity index (χ1v) is 3.97. The smallest absolute Gasteiger partial charge is 0.302 e. The van der Waals surface area contributed by atoms with Crippen molar-refractivity contribution in [1.29, 1.82) is 0 Å². The molecule has 0 aromatic rings. The molecule has 0 unspecified atom stereocenters. The number of alkyl halides is 2. The van der Waals surface area contributed by atoms with Crippen molar-refractivity contribution in [1.82, 2.24) is 0 Å². The van der Waals surface area contributed by atoms with Crippen LogP contribution in [0.5, 0.6) is 0 Å². The van der Waals surface area contributed by atoms with Gasteiger partial charge in [-0.05, 0) is 0 Å². The Balaban J connectivity index is 2.69. The lowest BCUT2D eigenvalue weighted by Crippen LogP contribution is -2.45. The second kappa shape index (κ2) is 2.92. The van der Waals surface area contributed by atoms with Crippen LogP contribution in [0.2, 0.25) is 0 Å². The van der Waals surface area contributed by atoms with Crippen LogP contribution in [-0.4, -0.2) is 25.4 Å². The van der Waals surface area contributed by atoms with Crippen LogP contribution < -0.4 is 0 Å². The third-order valence-electron chi connectivity index (χ3n) is 1.92. The van der Waals surface area contributed by atoms with E-state index in [0.29, 0.717) is 0 Å². The first-order valence-electron chi connectivity index (χ1n) is 3.97. The van der Waals surface area contributed by atoms with Gasteiger partial charge in [0.15, 0.2) is 0 Å². The Morgan fingerprint density at radius 2 is 1.50 bits per heavy atom. The molecule has 0 bridgehead atoms. The minimum absolute atomic E-state index is 0.260. The minimum Gasteiger partial charge on any atom is -0.345 e. The Hall–Kier alpha value is -0.220. The Morgan fingerprint density at radius 1 is 1.08 bits per heavy atom. The summed E-state index contributed by atoms with van der Waals surface area (Å²) in [5.74, 6) is -2.93. The van der Waals surface area contributed by atoms with Crippen LogP contribution in [0.3, 0.4) is 0 Å². The fourth-order valence-corrected chi connectivity index (χ4v) is 0.921. The first-order chi connectivity index (χ1) is 5.36. The monoisotopic (exact) mass is 180 g/mol. The average molecular weight is 180 g/mol. The van der Waals surface area contributed by atoms with Gasteiger partial charge >= 0.3 is 5.92 Å². The fraction of sp³-hybridized carbons (Fsp3) is 1.00. The van der Waals surface area contributed by atoms with Crippen LogP contribution in [-0.2, 0) is 9.47 Å². The summed E-state index contributed by atoms with van der Waals surface area (Å²) in [5.41, 5.74) is -1.12. The summed E-state index contributed by atoms with van der Waals surface area (Å²) in [7, 11) is 0. The zero-order chi connectivity index (χ0) is 9.41. The second-order valence-electron chi connectivity index (χ2n) is 3.95. The Labute approximate surface area is 70.8 Å². The summed E-state index contributed by atoms with van der Waals surface area (Å²) in [5, 5.41) is 0. The van der Waals surface area contributed by atoms with Gasteiger partial charge in [0.25, 0.3) is 0 Å². The first kappa shape index (κ1) is 9.86. The molecule has 0 N–H and O–H groups in total. The third-order valence-corrected chi connectivity index (χ3v) is 1.92. The summed E-state index contributed by atoms with van der Waals surface area (Å²) in [4.78, 5) is 0. The maximum atomic E-state index is 13.4. The molecule has 0 spiro atoms. The van der Waals surface area contributed by atoms with Crippen LogP contribution in [0.4, 0.5) is 8.78 Å². The van der Waals surface area contributed by atoms with Crippen LogP contribution in [0.15, 0.2) is 0 Å². The number of halogens is 2. The van der Waals surface area contributed by atoms with E-state index in [1.54, 1.807) is 0 Å². The summed E-state index contributed by atoms with van der Waals surface area (Å²) >= 11 is 0. The van der Waals surface area contributed by atoms with Gasteiger partial charge in [0, 0.05) is 5.41 Å². The molecule has 0 aliphatic carbocycles. The van der Waals surface area contributed by atoms with Crippen molar-refractivity contribution in [2.24, 2.45) is 5.41 Å². The average Bonchev–Trinajstić information content (AvgIpc) is 2.34. The van der Waals surface area contributed by atoms with Gasteiger partial charge in [-0.2, -0.15) is 0 Å². The van der Waals surface area contributed by atoms with Gasteiger partial charge in [-0.25, -0.2) is 8.78 Å². The molecule has 72 valence electrons. The molecule has 0 aromatic heterocycles. The SMILES string of the molecule is CC(C)(C)C(F)(F)C1OCCO1. The number of hydrogen-bond acceptors (Lipinski definition) is 2. The standard InChI is InChI=1S/C8H14F2O2/c1-7(2,3)8(9,10)6-11-4-5-12-6/h6H,4-5H2,1-3H3. The predicted octanol–water partition coefficient (Wildman–Crippen LogP) is 2.04. The lowest BCUT2D eigenvalue weighted by Gasteiger charge is -2.33. The van der Waals surface area contributed by atoms with Crippen LogP contribution in [0, 0.1) is 5.41 Å². The van der Waals surface area contributed by atoms with E-state index >= 15 is 0 Å². The molecule has 1 aliphatic rings. The predicted molar refractivity (Wildman–Crippen MR) is 40.1 cm³/mol. The summed E-state index contributed by atoms with van der Waals surface area (Å²) in [6.07, 6.45) is -1.36. The highest BCUT2D eigenvalue weighted by Crippen LogP contribution is 2.41. The molecule has 1 saturated heterocycles. The van der Waals surface area contributed by atoms with E-state index in [9.17, 15) is 8.78 Å². The second-order valence-corrected chi connectivity index (χ2v) is 3.95. The molecule has 1 fully saturated rings. The van der Waals surface area contributed by atoms with Gasteiger partial charge < -0.3 is 9.47 Å². The third kappa shape index (κ3) is 1.59. The highest BCUT2D eigenvalue weighted by molar-refractivity contribution is 4.86. The van der Waals surface area contributed by atoms with E-state index in [4.69, 9.17) is 9.47 Å². The summed E-state index contributed by atoms with van der Waals surface area (Å²) in [6.45, 7) is 4.93. The van der Waals surface area contributed by atoms with Crippen LogP contribution in [0.1, 0.15) is 20.8 Å². The molecule has 0 amide bonds. The van der Waals surface area contributed by atoms with Crippen molar-refractivity contribution in [3.63, 3.8) is 0 Å². The van der Waals surface area contributed by atoms with Crippen molar-refractivity contribution >= 4 is 0 Å². The molecule has 0 atom stereocenters. The topological polar surface area (TPSA) is 18.5 Å². The Kier molecular flexibility index (Phi) is 2.40. The van der Waals surface area contributed by atoms with Crippen molar-refractivity contribution in [2.45, 2.75) is 33.0 Å². The molecular formula is C8H14F2O2. The van der Waals surface area contributed by atoms with Crippen molar-refractivity contribution in [3.8, 4) is 0 Å². The van der Waals surface area contributed by atoms with Gasteiger partial charge in [-0.3, -0.25) is 0 Å². The molecular weight excluding hydrogens is 166 g/mol. The van der Waals surface area contributed by atoms with Crippen molar-refractivity contribution in [2.75, 3.05) is 13.2 Å². The molecule has 12 heavy (non-hydrogen) atoms. The van der Waals surface area contributed by atoms with Gasteiger partial charge in [-0.1, -0.05) is 20.8 Å². The van der Waals surface area contributed by atoms with E-state index < -0.39 is 17.6 Å². The Morgan fingerprint density at radius 3 is 1.83 bits per heavy atom. The summed E-state index contributed by atoms with van der Waals surface area (Å²) < 4.78 is 36.3. The van der Waals surface area contributed by atoms with Gasteiger partial charge in [0.05, 0.1) is 13.2 Å². The maximum absolute atomic E-state index is 13.4. The molecule has 0 aromatic carbocycles. The molecule has 0 radical (unpaired) electrons. The number of rotatable bonds is 1. The zero-order valence-corrected chi connectivity index (χ0v) is 7.56. The van der Waals surface area contributed by atoms with Crippen molar-refractivity contribution in [3.05, 3.63) is 0 Å². The largest absolute Gasteiger partial charge is 0.345 e. The van der Waals surface area contributed by atoms with Crippen molar-refractivity contribution < 1.29 is 18.3 Å². The molecule has 1 heterocycles. The molecule has 2 nitrogen and oxygen atoms in total. The number of ether oxygens (including phenoxy) is 2. The molecule has 1 rings (SSSR count). The highest BCUT2D eigenvalue weighted by atomic mass is 19.3. The van der Waals surface area contributed by atoms with Crippen LogP contribution >= 0.6 is 0 Å². The van der Waals surface area contributed by atoms with Gasteiger partial charge in [0.1, 0.15) is 0 Å². The van der Waals surface area contributed by atoms with E-state index in [-0.39, 0.29) is 13.2 Å². The maximum Gasteiger partial charge on any atom is 0.302 e. The lowest BCUT2D eigenvalue weighted by atomic mass is 9.87. The van der Waals surface area contributed by atoms with E-state index in [0.717, 1.165) is 0 Å². The minimum atomic E-state index is -2.93. The molecule has 4 heteroatoms. The fourth-order valence-electron chi connectivity index (χ4n) is 0.921. The normalized spacial score (nSPS) is 21.8. The molecule has 0 saturated carbocycles. The van der Waals surface area contributed by atoms with Gasteiger partial charge in [-0.15, -0.1) is 0 Å². The lowest BCUT2D eigenvalue weighted by molar-refractivity contribution is -0.248. The van der Waals surface area contributed by atoms with Crippen LogP contribution in [0.25, 0.3) is 0 Å². The molecule has 1 aliphatic heterocycles.